The van der Waals surface area contributed by atoms with E-state index in [1.807, 2.05) is 6.07 Å². The Morgan fingerprint density at radius 1 is 1.10 bits per heavy atom. The number of aliphatic carboxylic acids is 1. The van der Waals surface area contributed by atoms with Crippen LogP contribution in [0.4, 0.5) is 23.4 Å². The number of thiazole rings is 1. The number of rotatable bonds is 9. The van der Waals surface area contributed by atoms with E-state index in [4.69, 9.17) is 10.1 Å². The summed E-state index contributed by atoms with van der Waals surface area (Å²) in [4.78, 5) is 31.8. The van der Waals surface area contributed by atoms with E-state index in [-0.39, 0.29) is 19.4 Å². The largest absolute Gasteiger partial charge is 0.481 e. The van der Waals surface area contributed by atoms with Crippen LogP contribution in [0.25, 0.3) is 11.3 Å². The van der Waals surface area contributed by atoms with Gasteiger partial charge in [0.2, 0.25) is 0 Å². The minimum atomic E-state index is -4.67. The summed E-state index contributed by atoms with van der Waals surface area (Å²) in [6.45, 7) is 6.94. The molecule has 0 bridgehead atoms. The first-order valence-electron chi connectivity index (χ1n) is 13.7. The first-order chi connectivity index (χ1) is 19.5. The quantitative estimate of drug-likeness (QED) is 0.316. The van der Waals surface area contributed by atoms with Crippen molar-refractivity contribution in [2.24, 2.45) is 0 Å². The van der Waals surface area contributed by atoms with Gasteiger partial charge in [0.15, 0.2) is 0 Å². The molecule has 1 N–H and O–H groups in total. The smallest absolute Gasteiger partial charge is 0.416 e. The average Bonchev–Trinajstić information content (AvgIpc) is 3.52. The van der Waals surface area contributed by atoms with E-state index < -0.39 is 23.5 Å². The number of aromatic nitrogens is 3. The molecule has 2 aliphatic heterocycles. The summed E-state index contributed by atoms with van der Waals surface area (Å²) in [6, 6.07) is 4.83. The van der Waals surface area contributed by atoms with E-state index >= 15 is 0 Å². The van der Waals surface area contributed by atoms with Gasteiger partial charge in [-0.3, -0.25) is 14.6 Å². The predicted octanol–water partition coefficient (Wildman–Crippen LogP) is 5.57. The number of carboxylic acid groups (broad SMARTS) is 1. The van der Waals surface area contributed by atoms with Gasteiger partial charge in [0.25, 0.3) is 0 Å². The molecule has 1 atom stereocenters. The molecule has 0 radical (unpaired) electrons. The fourth-order valence-electron chi connectivity index (χ4n) is 5.38. The Morgan fingerprint density at radius 3 is 2.52 bits per heavy atom. The van der Waals surface area contributed by atoms with Gasteiger partial charge in [-0.25, -0.2) is 19.3 Å². The van der Waals surface area contributed by atoms with E-state index in [1.54, 1.807) is 0 Å². The maximum Gasteiger partial charge on any atom is 0.416 e. The highest BCUT2D eigenvalue weighted by atomic mass is 32.1. The second-order valence-electron chi connectivity index (χ2n) is 10.6. The van der Waals surface area contributed by atoms with Gasteiger partial charge in [-0.2, -0.15) is 13.2 Å². The monoisotopic (exact) mass is 608 g/mol. The van der Waals surface area contributed by atoms with Crippen molar-refractivity contribution in [3.63, 3.8) is 0 Å². The lowest BCUT2D eigenvalue weighted by Gasteiger charge is -2.35. The number of anilines is 1. The third-order valence-electron chi connectivity index (χ3n) is 7.66. The lowest BCUT2D eigenvalue weighted by Crippen LogP contribution is -2.47. The van der Waals surface area contributed by atoms with Gasteiger partial charge in [-0.05, 0) is 44.5 Å². The zero-order valence-corrected chi connectivity index (χ0v) is 23.5. The number of alkyl halides is 3. The zero-order chi connectivity index (χ0) is 29.1. The topological polar surface area (TPSA) is 85.7 Å². The number of likely N-dealkylation sites (tertiary alicyclic amines) is 1. The normalized spacial score (nSPS) is 18.3. The number of halogens is 4. The molecule has 8 nitrogen and oxygen atoms in total. The van der Waals surface area contributed by atoms with Crippen molar-refractivity contribution < 1.29 is 27.5 Å². The first-order valence-corrected chi connectivity index (χ1v) is 14.5. The number of benzene rings is 1. The maximum absolute atomic E-state index is 14.3. The van der Waals surface area contributed by atoms with Crippen LogP contribution >= 0.6 is 11.3 Å². The van der Waals surface area contributed by atoms with Gasteiger partial charge in [0, 0.05) is 68.2 Å². The van der Waals surface area contributed by atoms with Gasteiger partial charge in [-0.1, -0.05) is 7.43 Å². The van der Waals surface area contributed by atoms with E-state index in [1.165, 1.54) is 17.7 Å². The third kappa shape index (κ3) is 7.81. The molecule has 0 spiro atoms. The molecule has 2 aromatic heterocycles. The van der Waals surface area contributed by atoms with Crippen molar-refractivity contribution >= 4 is 23.1 Å². The standard InChI is InChI=1S/C28H32F4N6O2S.CH4/c1-18-3-2-5-38(18)16-23-27(19-11-20(28(30,31)32)13-21(29)12-19)35-25(41-23)15-22-14-24(34-17-33-22)37-9-7-36(8-10-37)6-4-26(39)40;/h11-14,17-18H,2-10,15-16H2,1H3,(H,39,40);1H4/t18-;/m1./s1. The Balaban J connectivity index is 0.00000405. The molecule has 0 unspecified atom stereocenters. The molecule has 4 heterocycles. The molecular weight excluding hydrogens is 572 g/mol. The van der Waals surface area contributed by atoms with Gasteiger partial charge in [0.1, 0.15) is 18.0 Å². The maximum atomic E-state index is 14.3. The number of hydrogen-bond donors (Lipinski definition) is 1. The van der Waals surface area contributed by atoms with Crippen molar-refractivity contribution in [1.82, 2.24) is 24.8 Å². The third-order valence-corrected chi connectivity index (χ3v) is 8.70. The van der Waals surface area contributed by atoms with E-state index in [0.717, 1.165) is 61.0 Å². The van der Waals surface area contributed by atoms with Gasteiger partial charge in [0.05, 0.1) is 28.4 Å². The molecule has 2 fully saturated rings. The second kappa shape index (κ2) is 13.4. The van der Waals surface area contributed by atoms with Crippen LogP contribution in [0.15, 0.2) is 30.6 Å². The number of nitrogens with zero attached hydrogens (tertiary/aromatic N) is 6. The van der Waals surface area contributed by atoms with Gasteiger partial charge >= 0.3 is 12.1 Å². The molecule has 1 aromatic carbocycles. The second-order valence-corrected chi connectivity index (χ2v) is 11.8. The average molecular weight is 609 g/mol. The van der Waals surface area contributed by atoms with Gasteiger partial charge < -0.3 is 10.0 Å². The predicted molar refractivity (Wildman–Crippen MR) is 154 cm³/mol. The molecule has 2 aliphatic rings. The molecule has 0 aliphatic carbocycles. The Labute approximate surface area is 247 Å². The SMILES string of the molecule is C.C[C@@H]1CCCN1Cc1sc(Cc2cc(N3CCN(CCC(=O)O)CC3)ncn2)nc1-c1cc(F)cc(C(F)(F)F)c1. The number of piperazine rings is 1. The van der Waals surface area contributed by atoms with Crippen LogP contribution in [-0.4, -0.2) is 81.1 Å². The highest BCUT2D eigenvalue weighted by molar-refractivity contribution is 7.12. The van der Waals surface area contributed by atoms with E-state index in [9.17, 15) is 22.4 Å². The molecule has 5 rings (SSSR count). The summed E-state index contributed by atoms with van der Waals surface area (Å²) >= 11 is 1.42. The molecule has 42 heavy (non-hydrogen) atoms. The number of carbonyl (C=O) groups is 1. The van der Waals surface area contributed by atoms with E-state index in [0.29, 0.717) is 55.4 Å². The Morgan fingerprint density at radius 2 is 1.86 bits per heavy atom. The van der Waals surface area contributed by atoms with E-state index in [2.05, 4.69) is 31.6 Å². The first kappa shape index (κ1) is 31.8. The van der Waals surface area contributed by atoms with Crippen LogP contribution < -0.4 is 4.90 Å². The van der Waals surface area contributed by atoms with Crippen LogP contribution in [0.1, 0.15) is 54.8 Å². The fourth-order valence-corrected chi connectivity index (χ4v) is 6.51. The van der Waals surface area contributed by atoms with Crippen molar-refractivity contribution in [3.8, 4) is 11.3 Å². The Kier molecular flexibility index (Phi) is 10.2. The minimum absolute atomic E-state index is 0. The van der Waals surface area contributed by atoms with Crippen LogP contribution in [0.3, 0.4) is 0 Å². The molecular formula is C29H36F4N6O2S. The Hall–Kier alpha value is -3.16. The van der Waals surface area contributed by atoms with Crippen LogP contribution in [0.5, 0.6) is 0 Å². The highest BCUT2D eigenvalue weighted by Gasteiger charge is 2.32. The summed E-state index contributed by atoms with van der Waals surface area (Å²) in [5.74, 6) is -1.00. The minimum Gasteiger partial charge on any atom is -0.481 e. The molecule has 2 saturated heterocycles. The summed E-state index contributed by atoms with van der Waals surface area (Å²) in [7, 11) is 0. The Bertz CT molecular complexity index is 1380. The summed E-state index contributed by atoms with van der Waals surface area (Å²) in [5.41, 5.74) is 0.178. The van der Waals surface area contributed by atoms with Crippen LogP contribution in [0.2, 0.25) is 0 Å². The summed E-state index contributed by atoms with van der Waals surface area (Å²) in [5, 5.41) is 9.61. The molecule has 3 aromatic rings. The number of hydrogen-bond acceptors (Lipinski definition) is 8. The molecule has 228 valence electrons. The van der Waals surface area contributed by atoms with Crippen LogP contribution in [-0.2, 0) is 23.9 Å². The highest BCUT2D eigenvalue weighted by Crippen LogP contribution is 2.37. The molecule has 0 amide bonds. The van der Waals surface area contributed by atoms with Crippen molar-refractivity contribution in [2.75, 3.05) is 44.2 Å². The molecule has 13 heteroatoms. The molecule has 0 saturated carbocycles. The summed E-state index contributed by atoms with van der Waals surface area (Å²) < 4.78 is 54.8. The summed E-state index contributed by atoms with van der Waals surface area (Å²) in [6.07, 6.45) is -0.597. The van der Waals surface area contributed by atoms with Gasteiger partial charge in [-0.15, -0.1) is 11.3 Å². The number of carboxylic acids is 1. The van der Waals surface area contributed by atoms with Crippen molar-refractivity contribution in [2.45, 2.75) is 58.8 Å². The lowest BCUT2D eigenvalue weighted by atomic mass is 10.1. The zero-order valence-electron chi connectivity index (χ0n) is 22.7. The van der Waals surface area contributed by atoms with Crippen molar-refractivity contribution in [1.29, 1.82) is 0 Å². The lowest BCUT2D eigenvalue weighted by molar-refractivity contribution is -0.138. The fraction of sp³-hybridized carbons (Fsp3) is 0.517. The van der Waals surface area contributed by atoms with Crippen LogP contribution in [0, 0.1) is 5.82 Å². The van der Waals surface area contributed by atoms with Crippen molar-refractivity contribution in [3.05, 3.63) is 57.6 Å².